The number of carbonyl (C=O) groups is 1. The number of benzene rings is 1. The average Bonchev–Trinajstić information content (AvgIpc) is 2.83. The minimum Gasteiger partial charge on any atom is -0.377 e. The van der Waals surface area contributed by atoms with Crippen molar-refractivity contribution in [2.24, 2.45) is 0 Å². The van der Waals surface area contributed by atoms with Crippen LogP contribution < -0.4 is 10.6 Å². The first kappa shape index (κ1) is 13.1. The van der Waals surface area contributed by atoms with Gasteiger partial charge in [-0.2, -0.15) is 0 Å². The van der Waals surface area contributed by atoms with Crippen LogP contribution in [0.2, 0.25) is 0 Å². The van der Waals surface area contributed by atoms with E-state index in [-0.39, 0.29) is 11.5 Å². The molecule has 2 N–H and O–H groups in total. The number of nitrogens with one attached hydrogen (secondary N) is 2. The summed E-state index contributed by atoms with van der Waals surface area (Å²) in [6.45, 7) is 6.13. The summed E-state index contributed by atoms with van der Waals surface area (Å²) in [6, 6.07) is 5.86. The molecule has 0 atom stereocenters. The van der Waals surface area contributed by atoms with Crippen LogP contribution in [-0.2, 0) is 17.8 Å². The number of hydrogen-bond acceptors (Lipinski definition) is 3. The van der Waals surface area contributed by atoms with Crippen molar-refractivity contribution in [3.63, 3.8) is 0 Å². The normalized spacial score (nSPS) is 14.4. The number of methoxy groups -OCH3 is 1. The smallest absolute Gasteiger partial charge is 0.251 e. The molecule has 4 heteroatoms. The van der Waals surface area contributed by atoms with Gasteiger partial charge in [0, 0.05) is 32.3 Å². The lowest BCUT2D eigenvalue weighted by Crippen LogP contribution is -2.39. The molecule has 1 aromatic carbocycles. The summed E-state index contributed by atoms with van der Waals surface area (Å²) >= 11 is 0. The molecule has 0 spiro atoms. The molecule has 2 rings (SSSR count). The van der Waals surface area contributed by atoms with Gasteiger partial charge >= 0.3 is 0 Å². The van der Waals surface area contributed by atoms with Crippen LogP contribution in [0.15, 0.2) is 18.2 Å². The maximum atomic E-state index is 12.0. The van der Waals surface area contributed by atoms with Gasteiger partial charge in [0.05, 0.1) is 5.60 Å². The van der Waals surface area contributed by atoms with E-state index in [4.69, 9.17) is 4.74 Å². The van der Waals surface area contributed by atoms with Crippen molar-refractivity contribution < 1.29 is 9.53 Å². The number of ether oxygens (including phenoxy) is 1. The fraction of sp³-hybridized carbons (Fsp3) is 0.500. The van der Waals surface area contributed by atoms with Crippen LogP contribution >= 0.6 is 0 Å². The maximum absolute atomic E-state index is 12.0. The first-order valence-corrected chi connectivity index (χ1v) is 6.18. The lowest BCUT2D eigenvalue weighted by Gasteiger charge is -2.23. The van der Waals surface area contributed by atoms with E-state index in [1.54, 1.807) is 7.11 Å². The zero-order valence-electron chi connectivity index (χ0n) is 11.2. The number of rotatable bonds is 4. The lowest BCUT2D eigenvalue weighted by molar-refractivity contribution is 0.0229. The van der Waals surface area contributed by atoms with Crippen LogP contribution in [0.3, 0.4) is 0 Å². The summed E-state index contributed by atoms with van der Waals surface area (Å²) in [5, 5.41) is 6.16. The Balaban J connectivity index is 2.01. The van der Waals surface area contributed by atoms with Gasteiger partial charge in [0.1, 0.15) is 0 Å². The Morgan fingerprint density at radius 1 is 1.39 bits per heavy atom. The molecule has 1 heterocycles. The van der Waals surface area contributed by atoms with Crippen molar-refractivity contribution in [3.8, 4) is 0 Å². The van der Waals surface area contributed by atoms with Gasteiger partial charge in [-0.15, -0.1) is 0 Å². The highest BCUT2D eigenvalue weighted by molar-refractivity contribution is 5.94. The molecule has 0 saturated heterocycles. The van der Waals surface area contributed by atoms with E-state index >= 15 is 0 Å². The minimum atomic E-state index is -0.339. The van der Waals surface area contributed by atoms with Crippen LogP contribution in [0.5, 0.6) is 0 Å². The van der Waals surface area contributed by atoms with Crippen LogP contribution in [0.4, 0.5) is 0 Å². The standard InChI is InChI=1S/C14H20N2O2/c1-14(2,18-3)9-16-13(17)10-4-5-11-7-15-8-12(11)6-10/h4-6,15H,7-9H2,1-3H3,(H,16,17). The quantitative estimate of drug-likeness (QED) is 0.848. The molecular weight excluding hydrogens is 228 g/mol. The van der Waals surface area contributed by atoms with Crippen molar-refractivity contribution in [3.05, 3.63) is 34.9 Å². The van der Waals surface area contributed by atoms with Crippen LogP contribution in [-0.4, -0.2) is 25.2 Å². The maximum Gasteiger partial charge on any atom is 0.251 e. The number of carbonyl (C=O) groups excluding carboxylic acids is 1. The Kier molecular flexibility index (Phi) is 3.68. The zero-order valence-corrected chi connectivity index (χ0v) is 11.2. The van der Waals surface area contributed by atoms with Crippen molar-refractivity contribution in [2.75, 3.05) is 13.7 Å². The highest BCUT2D eigenvalue weighted by Gasteiger charge is 2.19. The van der Waals surface area contributed by atoms with Gasteiger partial charge in [-0.25, -0.2) is 0 Å². The van der Waals surface area contributed by atoms with Crippen LogP contribution in [0, 0.1) is 0 Å². The van der Waals surface area contributed by atoms with Gasteiger partial charge in [-0.1, -0.05) is 6.07 Å². The molecule has 0 radical (unpaired) electrons. The molecular formula is C14H20N2O2. The third-order valence-electron chi connectivity index (χ3n) is 3.33. The third-order valence-corrected chi connectivity index (χ3v) is 3.33. The zero-order chi connectivity index (χ0) is 13.2. The van der Waals surface area contributed by atoms with E-state index in [9.17, 15) is 4.79 Å². The highest BCUT2D eigenvalue weighted by Crippen LogP contribution is 2.17. The Morgan fingerprint density at radius 3 is 2.83 bits per heavy atom. The Bertz CT molecular complexity index is 455. The van der Waals surface area contributed by atoms with Gasteiger partial charge < -0.3 is 15.4 Å². The second-order valence-corrected chi connectivity index (χ2v) is 5.23. The van der Waals surface area contributed by atoms with Gasteiger partial charge in [-0.3, -0.25) is 4.79 Å². The Labute approximate surface area is 108 Å². The lowest BCUT2D eigenvalue weighted by atomic mass is 10.1. The van der Waals surface area contributed by atoms with Crippen molar-refractivity contribution >= 4 is 5.91 Å². The van der Waals surface area contributed by atoms with Crippen molar-refractivity contribution in [1.82, 2.24) is 10.6 Å². The summed E-state index contributed by atoms with van der Waals surface area (Å²) < 4.78 is 5.27. The summed E-state index contributed by atoms with van der Waals surface area (Å²) in [6.07, 6.45) is 0. The van der Waals surface area contributed by atoms with Gasteiger partial charge in [0.2, 0.25) is 0 Å². The highest BCUT2D eigenvalue weighted by atomic mass is 16.5. The first-order chi connectivity index (χ1) is 8.52. The predicted octanol–water partition coefficient (Wildman–Crippen LogP) is 1.44. The van der Waals surface area contributed by atoms with Crippen molar-refractivity contribution in [1.29, 1.82) is 0 Å². The van der Waals surface area contributed by atoms with Crippen molar-refractivity contribution in [2.45, 2.75) is 32.5 Å². The summed E-state index contributed by atoms with van der Waals surface area (Å²) in [4.78, 5) is 12.0. The second-order valence-electron chi connectivity index (χ2n) is 5.23. The summed E-state index contributed by atoms with van der Waals surface area (Å²) in [7, 11) is 1.65. The largest absolute Gasteiger partial charge is 0.377 e. The van der Waals surface area contributed by atoms with Gasteiger partial charge in [-0.05, 0) is 37.1 Å². The third kappa shape index (κ3) is 2.89. The fourth-order valence-corrected chi connectivity index (χ4v) is 1.90. The molecule has 1 amide bonds. The minimum absolute atomic E-state index is 0.0465. The van der Waals surface area contributed by atoms with E-state index in [0.29, 0.717) is 12.1 Å². The van der Waals surface area contributed by atoms with E-state index in [0.717, 1.165) is 13.1 Å². The molecule has 0 aliphatic carbocycles. The molecule has 98 valence electrons. The Morgan fingerprint density at radius 2 is 2.11 bits per heavy atom. The molecule has 1 aliphatic heterocycles. The van der Waals surface area contributed by atoms with E-state index in [2.05, 4.69) is 10.6 Å². The summed E-state index contributed by atoms with van der Waals surface area (Å²) in [5.41, 5.74) is 2.87. The first-order valence-electron chi connectivity index (χ1n) is 6.18. The van der Waals surface area contributed by atoms with Crippen LogP contribution in [0.25, 0.3) is 0 Å². The number of hydrogen-bond donors (Lipinski definition) is 2. The molecule has 0 fully saturated rings. The molecule has 4 nitrogen and oxygen atoms in total. The molecule has 18 heavy (non-hydrogen) atoms. The van der Waals surface area contributed by atoms with E-state index in [1.165, 1.54) is 11.1 Å². The molecule has 0 bridgehead atoms. The van der Waals surface area contributed by atoms with E-state index in [1.807, 2.05) is 32.0 Å². The molecule has 1 aromatic rings. The molecule has 0 aromatic heterocycles. The Hall–Kier alpha value is -1.39. The predicted molar refractivity (Wildman–Crippen MR) is 70.4 cm³/mol. The van der Waals surface area contributed by atoms with Crippen LogP contribution in [0.1, 0.15) is 35.3 Å². The second kappa shape index (κ2) is 5.08. The fourth-order valence-electron chi connectivity index (χ4n) is 1.90. The van der Waals surface area contributed by atoms with Gasteiger partial charge in [0.25, 0.3) is 5.91 Å². The number of amides is 1. The van der Waals surface area contributed by atoms with Gasteiger partial charge in [0.15, 0.2) is 0 Å². The molecule has 1 aliphatic rings. The summed E-state index contributed by atoms with van der Waals surface area (Å²) in [5.74, 6) is -0.0465. The molecule has 0 saturated carbocycles. The monoisotopic (exact) mass is 248 g/mol. The number of fused-ring (bicyclic) bond motifs is 1. The van der Waals surface area contributed by atoms with E-state index < -0.39 is 0 Å². The average molecular weight is 248 g/mol. The SMILES string of the molecule is COC(C)(C)CNC(=O)c1ccc2c(c1)CNC2. The topological polar surface area (TPSA) is 50.4 Å². The molecule has 0 unspecified atom stereocenters.